The average Bonchev–Trinajstić information content (AvgIpc) is 1.97. The van der Waals surface area contributed by atoms with E-state index in [4.69, 9.17) is 5.11 Å². The van der Waals surface area contributed by atoms with E-state index in [9.17, 15) is 4.79 Å². The maximum absolute atomic E-state index is 10.8. The molecule has 0 heterocycles. The standard InChI is InChI=1S/C12H23NO2/c1-5-9-6-11(2,3)8-12(4,7-9)13-10(14)15/h9,13H,5-8H2,1-4H3,(H,14,15). The van der Waals surface area contributed by atoms with E-state index in [1.54, 1.807) is 0 Å². The molecular weight excluding hydrogens is 190 g/mol. The molecule has 1 aliphatic carbocycles. The molecular formula is C12H23NO2. The van der Waals surface area contributed by atoms with Crippen LogP contribution in [0, 0.1) is 11.3 Å². The molecule has 1 amide bonds. The highest BCUT2D eigenvalue weighted by atomic mass is 16.4. The topological polar surface area (TPSA) is 49.3 Å². The summed E-state index contributed by atoms with van der Waals surface area (Å²) in [6.45, 7) is 8.69. The fourth-order valence-corrected chi connectivity index (χ4v) is 3.33. The van der Waals surface area contributed by atoms with Crippen LogP contribution in [0.3, 0.4) is 0 Å². The zero-order valence-electron chi connectivity index (χ0n) is 10.3. The second-order valence-electron chi connectivity index (χ2n) is 6.01. The largest absolute Gasteiger partial charge is 0.465 e. The molecule has 2 atom stereocenters. The van der Waals surface area contributed by atoms with Crippen LogP contribution in [-0.4, -0.2) is 16.7 Å². The van der Waals surface area contributed by atoms with E-state index < -0.39 is 6.09 Å². The van der Waals surface area contributed by atoms with Crippen molar-refractivity contribution in [2.45, 2.75) is 58.9 Å². The van der Waals surface area contributed by atoms with Gasteiger partial charge in [0.25, 0.3) is 0 Å². The first-order valence-electron chi connectivity index (χ1n) is 5.77. The zero-order chi connectivity index (χ0) is 11.7. The Bertz CT molecular complexity index is 250. The molecule has 1 saturated carbocycles. The molecule has 1 fully saturated rings. The van der Waals surface area contributed by atoms with Gasteiger partial charge in [-0.25, -0.2) is 4.79 Å². The maximum atomic E-state index is 10.8. The molecule has 2 N–H and O–H groups in total. The van der Waals surface area contributed by atoms with Gasteiger partial charge in [-0.3, -0.25) is 0 Å². The molecule has 88 valence electrons. The summed E-state index contributed by atoms with van der Waals surface area (Å²) >= 11 is 0. The van der Waals surface area contributed by atoms with Crippen LogP contribution in [0.4, 0.5) is 4.79 Å². The zero-order valence-corrected chi connectivity index (χ0v) is 10.3. The molecule has 0 aliphatic heterocycles. The highest BCUT2D eigenvalue weighted by Crippen LogP contribution is 2.44. The summed E-state index contributed by atoms with van der Waals surface area (Å²) in [5, 5.41) is 11.5. The van der Waals surface area contributed by atoms with Crippen LogP contribution in [0.25, 0.3) is 0 Å². The van der Waals surface area contributed by atoms with Crippen LogP contribution < -0.4 is 5.32 Å². The monoisotopic (exact) mass is 213 g/mol. The minimum absolute atomic E-state index is 0.242. The predicted molar refractivity (Wildman–Crippen MR) is 61.0 cm³/mol. The predicted octanol–water partition coefficient (Wildman–Crippen LogP) is 3.25. The fourth-order valence-electron chi connectivity index (χ4n) is 3.33. The molecule has 0 radical (unpaired) electrons. The first-order chi connectivity index (χ1) is 6.76. The second-order valence-corrected chi connectivity index (χ2v) is 6.01. The average molecular weight is 213 g/mol. The molecule has 0 aromatic rings. The highest BCUT2D eigenvalue weighted by Gasteiger charge is 2.41. The third-order valence-corrected chi connectivity index (χ3v) is 3.44. The lowest BCUT2D eigenvalue weighted by molar-refractivity contribution is 0.0813. The van der Waals surface area contributed by atoms with Gasteiger partial charge in [-0.2, -0.15) is 0 Å². The van der Waals surface area contributed by atoms with Gasteiger partial charge < -0.3 is 10.4 Å². The number of carbonyl (C=O) groups is 1. The molecule has 0 spiro atoms. The molecule has 1 rings (SSSR count). The molecule has 3 nitrogen and oxygen atoms in total. The van der Waals surface area contributed by atoms with Crippen LogP contribution in [0.2, 0.25) is 0 Å². The normalized spacial score (nSPS) is 34.8. The molecule has 0 saturated heterocycles. The van der Waals surface area contributed by atoms with E-state index in [1.807, 2.05) is 6.92 Å². The van der Waals surface area contributed by atoms with Gasteiger partial charge in [0.1, 0.15) is 0 Å². The Labute approximate surface area is 92.3 Å². The summed E-state index contributed by atoms with van der Waals surface area (Å²) in [6.07, 6.45) is 3.35. The first kappa shape index (κ1) is 12.3. The van der Waals surface area contributed by atoms with Crippen molar-refractivity contribution in [2.24, 2.45) is 11.3 Å². The van der Waals surface area contributed by atoms with Crippen molar-refractivity contribution in [2.75, 3.05) is 0 Å². The van der Waals surface area contributed by atoms with Crippen LogP contribution >= 0.6 is 0 Å². The van der Waals surface area contributed by atoms with E-state index in [0.717, 1.165) is 19.3 Å². The molecule has 2 unspecified atom stereocenters. The Morgan fingerprint density at radius 3 is 2.47 bits per heavy atom. The number of nitrogens with one attached hydrogen (secondary N) is 1. The minimum atomic E-state index is -0.898. The number of rotatable bonds is 2. The number of hydrogen-bond acceptors (Lipinski definition) is 1. The van der Waals surface area contributed by atoms with E-state index in [-0.39, 0.29) is 11.0 Å². The SMILES string of the molecule is CCC1CC(C)(C)CC(C)(NC(=O)O)C1. The number of amides is 1. The van der Waals surface area contributed by atoms with Crippen molar-refractivity contribution in [3.63, 3.8) is 0 Å². The van der Waals surface area contributed by atoms with Crippen molar-refractivity contribution < 1.29 is 9.90 Å². The van der Waals surface area contributed by atoms with Gasteiger partial charge in [-0.15, -0.1) is 0 Å². The van der Waals surface area contributed by atoms with Gasteiger partial charge >= 0.3 is 6.09 Å². The van der Waals surface area contributed by atoms with E-state index in [2.05, 4.69) is 26.1 Å². The van der Waals surface area contributed by atoms with Crippen LogP contribution in [0.15, 0.2) is 0 Å². The molecule has 1 aliphatic rings. The lowest BCUT2D eigenvalue weighted by atomic mass is 9.64. The smallest absolute Gasteiger partial charge is 0.405 e. The second kappa shape index (κ2) is 4.03. The van der Waals surface area contributed by atoms with Gasteiger partial charge in [0, 0.05) is 5.54 Å². The third kappa shape index (κ3) is 3.40. The maximum Gasteiger partial charge on any atom is 0.405 e. The Morgan fingerprint density at radius 2 is 2.00 bits per heavy atom. The quantitative estimate of drug-likeness (QED) is 0.739. The Hall–Kier alpha value is -0.730. The molecule has 0 aromatic carbocycles. The Morgan fingerprint density at radius 1 is 1.40 bits per heavy atom. The fraction of sp³-hybridized carbons (Fsp3) is 0.917. The van der Waals surface area contributed by atoms with Crippen molar-refractivity contribution in [3.8, 4) is 0 Å². The highest BCUT2D eigenvalue weighted by molar-refractivity contribution is 5.65. The summed E-state index contributed by atoms with van der Waals surface area (Å²) in [6, 6.07) is 0. The van der Waals surface area contributed by atoms with Crippen molar-refractivity contribution in [1.29, 1.82) is 0 Å². The van der Waals surface area contributed by atoms with E-state index in [0.29, 0.717) is 5.92 Å². The van der Waals surface area contributed by atoms with Crippen molar-refractivity contribution in [3.05, 3.63) is 0 Å². The number of carboxylic acid groups (broad SMARTS) is 1. The van der Waals surface area contributed by atoms with Crippen LogP contribution in [0.1, 0.15) is 53.4 Å². The van der Waals surface area contributed by atoms with Crippen molar-refractivity contribution >= 4 is 6.09 Å². The van der Waals surface area contributed by atoms with Gasteiger partial charge in [-0.1, -0.05) is 27.2 Å². The summed E-state index contributed by atoms with van der Waals surface area (Å²) in [4.78, 5) is 10.8. The van der Waals surface area contributed by atoms with Crippen molar-refractivity contribution in [1.82, 2.24) is 5.32 Å². The molecule has 3 heteroatoms. The Kier molecular flexibility index (Phi) is 3.31. The molecule has 15 heavy (non-hydrogen) atoms. The first-order valence-corrected chi connectivity index (χ1v) is 5.77. The van der Waals surface area contributed by atoms with Gasteiger partial charge in [-0.05, 0) is 37.5 Å². The number of hydrogen-bond donors (Lipinski definition) is 2. The Balaban J connectivity index is 2.76. The van der Waals surface area contributed by atoms with Gasteiger partial charge in [0.05, 0.1) is 0 Å². The lowest BCUT2D eigenvalue weighted by Crippen LogP contribution is -2.52. The van der Waals surface area contributed by atoms with Gasteiger partial charge in [0.15, 0.2) is 0 Å². The van der Waals surface area contributed by atoms with Gasteiger partial charge in [0.2, 0.25) is 0 Å². The van der Waals surface area contributed by atoms with E-state index >= 15 is 0 Å². The summed E-state index contributed by atoms with van der Waals surface area (Å²) < 4.78 is 0. The molecule has 0 aromatic heterocycles. The third-order valence-electron chi connectivity index (χ3n) is 3.44. The molecule has 0 bridgehead atoms. The lowest BCUT2D eigenvalue weighted by Gasteiger charge is -2.46. The van der Waals surface area contributed by atoms with Crippen LogP contribution in [0.5, 0.6) is 0 Å². The summed E-state index contributed by atoms with van der Waals surface area (Å²) in [5.41, 5.74) is 0.00435. The van der Waals surface area contributed by atoms with E-state index in [1.165, 1.54) is 6.42 Å². The van der Waals surface area contributed by atoms with Crippen LogP contribution in [-0.2, 0) is 0 Å². The minimum Gasteiger partial charge on any atom is -0.465 e. The summed E-state index contributed by atoms with van der Waals surface area (Å²) in [5.74, 6) is 0.644. The summed E-state index contributed by atoms with van der Waals surface area (Å²) in [7, 11) is 0.